The molecule has 6 nitrogen and oxygen atoms in total. The average molecular weight is 325 g/mol. The molecule has 0 aliphatic heterocycles. The molecular formula is C18H19N3O3. The quantitative estimate of drug-likeness (QED) is 0.725. The molecule has 3 N–H and O–H groups in total. The third kappa shape index (κ3) is 4.67. The minimum Gasteiger partial charge on any atom is -0.352 e. The van der Waals surface area contributed by atoms with Gasteiger partial charge in [0.1, 0.15) is 0 Å². The Morgan fingerprint density at radius 3 is 2.25 bits per heavy atom. The summed E-state index contributed by atoms with van der Waals surface area (Å²) >= 11 is 0. The number of anilines is 1. The number of amides is 3. The molecule has 0 saturated heterocycles. The van der Waals surface area contributed by atoms with Gasteiger partial charge in [0.25, 0.3) is 5.91 Å². The maximum Gasteiger partial charge on any atom is 0.313 e. The van der Waals surface area contributed by atoms with E-state index in [0.717, 1.165) is 5.56 Å². The smallest absolute Gasteiger partial charge is 0.313 e. The van der Waals surface area contributed by atoms with Gasteiger partial charge in [-0.25, -0.2) is 0 Å². The maximum atomic E-state index is 12.3. The number of carbonyl (C=O) groups is 3. The first-order valence-corrected chi connectivity index (χ1v) is 7.56. The van der Waals surface area contributed by atoms with Crippen LogP contribution >= 0.6 is 0 Å². The van der Waals surface area contributed by atoms with Crippen LogP contribution in [-0.4, -0.2) is 31.3 Å². The molecule has 0 aliphatic rings. The van der Waals surface area contributed by atoms with Crippen LogP contribution in [0.3, 0.4) is 0 Å². The van der Waals surface area contributed by atoms with Gasteiger partial charge < -0.3 is 16.0 Å². The van der Waals surface area contributed by atoms with E-state index in [1.165, 1.54) is 7.05 Å². The van der Waals surface area contributed by atoms with Gasteiger partial charge in [0.05, 0.1) is 11.3 Å². The highest BCUT2D eigenvalue weighted by atomic mass is 16.2. The minimum absolute atomic E-state index is 0.295. The second-order valence-corrected chi connectivity index (χ2v) is 5.07. The van der Waals surface area contributed by atoms with E-state index >= 15 is 0 Å². The van der Waals surface area contributed by atoms with Crippen LogP contribution in [0.2, 0.25) is 0 Å². The zero-order valence-corrected chi connectivity index (χ0v) is 13.3. The monoisotopic (exact) mass is 325 g/mol. The van der Waals surface area contributed by atoms with Crippen LogP contribution in [0.25, 0.3) is 0 Å². The largest absolute Gasteiger partial charge is 0.352 e. The van der Waals surface area contributed by atoms with E-state index in [1.54, 1.807) is 24.3 Å². The summed E-state index contributed by atoms with van der Waals surface area (Å²) in [7, 11) is 1.37. The maximum absolute atomic E-state index is 12.3. The van der Waals surface area contributed by atoms with Gasteiger partial charge in [0, 0.05) is 13.6 Å². The van der Waals surface area contributed by atoms with Gasteiger partial charge in [-0.3, -0.25) is 14.4 Å². The van der Waals surface area contributed by atoms with Crippen molar-refractivity contribution in [1.29, 1.82) is 0 Å². The SMILES string of the molecule is CNC(=O)C(=O)Nc1ccccc1C(=O)NCCc1ccccc1. The van der Waals surface area contributed by atoms with Gasteiger partial charge in [-0.1, -0.05) is 42.5 Å². The van der Waals surface area contributed by atoms with Gasteiger partial charge in [0.2, 0.25) is 0 Å². The number of likely N-dealkylation sites (N-methyl/N-ethyl adjacent to an activating group) is 1. The van der Waals surface area contributed by atoms with Crippen molar-refractivity contribution in [2.24, 2.45) is 0 Å². The first-order chi connectivity index (χ1) is 11.6. The summed E-state index contributed by atoms with van der Waals surface area (Å²) in [4.78, 5) is 35.3. The van der Waals surface area contributed by atoms with Crippen LogP contribution in [0.15, 0.2) is 54.6 Å². The lowest BCUT2D eigenvalue weighted by molar-refractivity contribution is -0.135. The second kappa shape index (κ2) is 8.47. The van der Waals surface area contributed by atoms with Crippen LogP contribution < -0.4 is 16.0 Å². The fraction of sp³-hybridized carbons (Fsp3) is 0.167. The Bertz CT molecular complexity index is 729. The van der Waals surface area contributed by atoms with E-state index in [2.05, 4.69) is 16.0 Å². The number of carbonyl (C=O) groups excluding carboxylic acids is 3. The Hall–Kier alpha value is -3.15. The first-order valence-electron chi connectivity index (χ1n) is 7.56. The predicted octanol–water partition coefficient (Wildman–Crippen LogP) is 1.34. The number of nitrogens with one attached hydrogen (secondary N) is 3. The highest BCUT2D eigenvalue weighted by Crippen LogP contribution is 2.14. The van der Waals surface area contributed by atoms with Crippen molar-refractivity contribution in [2.45, 2.75) is 6.42 Å². The summed E-state index contributed by atoms with van der Waals surface area (Å²) in [5.74, 6) is -1.89. The Labute approximate surface area is 140 Å². The zero-order chi connectivity index (χ0) is 17.4. The first kappa shape index (κ1) is 17.2. The molecule has 0 unspecified atom stereocenters. The second-order valence-electron chi connectivity index (χ2n) is 5.07. The van der Waals surface area contributed by atoms with E-state index in [4.69, 9.17) is 0 Å². The molecule has 124 valence electrons. The lowest BCUT2D eigenvalue weighted by Gasteiger charge is -2.11. The van der Waals surface area contributed by atoms with E-state index in [-0.39, 0.29) is 5.91 Å². The molecule has 2 aromatic carbocycles. The molecular weight excluding hydrogens is 306 g/mol. The fourth-order valence-electron chi connectivity index (χ4n) is 2.14. The molecule has 0 aromatic heterocycles. The third-order valence-corrected chi connectivity index (χ3v) is 3.40. The van der Waals surface area contributed by atoms with Crippen LogP contribution in [0.1, 0.15) is 15.9 Å². The van der Waals surface area contributed by atoms with Crippen molar-refractivity contribution >= 4 is 23.4 Å². The molecule has 0 bridgehead atoms. The van der Waals surface area contributed by atoms with Crippen LogP contribution in [0, 0.1) is 0 Å². The molecule has 2 aromatic rings. The summed E-state index contributed by atoms with van der Waals surface area (Å²) in [6.07, 6.45) is 0.708. The molecule has 0 radical (unpaired) electrons. The number of benzene rings is 2. The lowest BCUT2D eigenvalue weighted by Crippen LogP contribution is -2.34. The van der Waals surface area contributed by atoms with E-state index in [1.807, 2.05) is 30.3 Å². The standard InChI is InChI=1S/C18H19N3O3/c1-19-17(23)18(24)21-15-10-6-5-9-14(15)16(22)20-12-11-13-7-3-2-4-8-13/h2-10H,11-12H2,1H3,(H,19,23)(H,20,22)(H,21,24). The summed E-state index contributed by atoms with van der Waals surface area (Å²) in [5, 5.41) is 7.49. The van der Waals surface area contributed by atoms with E-state index < -0.39 is 11.8 Å². The molecule has 6 heteroatoms. The van der Waals surface area contributed by atoms with Gasteiger partial charge in [-0.05, 0) is 24.1 Å². The van der Waals surface area contributed by atoms with Gasteiger partial charge in [-0.2, -0.15) is 0 Å². The molecule has 0 aliphatic carbocycles. The topological polar surface area (TPSA) is 87.3 Å². The predicted molar refractivity (Wildman–Crippen MR) is 91.6 cm³/mol. The van der Waals surface area contributed by atoms with Gasteiger partial charge in [-0.15, -0.1) is 0 Å². The van der Waals surface area contributed by atoms with Crippen molar-refractivity contribution < 1.29 is 14.4 Å². The minimum atomic E-state index is -0.818. The molecule has 24 heavy (non-hydrogen) atoms. The summed E-state index contributed by atoms with van der Waals surface area (Å²) in [5.41, 5.74) is 1.73. The third-order valence-electron chi connectivity index (χ3n) is 3.40. The van der Waals surface area contributed by atoms with Crippen LogP contribution in [-0.2, 0) is 16.0 Å². The highest BCUT2D eigenvalue weighted by molar-refractivity contribution is 6.39. The van der Waals surface area contributed by atoms with Crippen molar-refractivity contribution in [1.82, 2.24) is 10.6 Å². The van der Waals surface area contributed by atoms with Crippen molar-refractivity contribution in [3.63, 3.8) is 0 Å². The zero-order valence-electron chi connectivity index (χ0n) is 13.3. The van der Waals surface area contributed by atoms with E-state index in [0.29, 0.717) is 24.2 Å². The highest BCUT2D eigenvalue weighted by Gasteiger charge is 2.16. The van der Waals surface area contributed by atoms with Crippen molar-refractivity contribution in [2.75, 3.05) is 18.9 Å². The molecule has 0 heterocycles. The summed E-state index contributed by atoms with van der Waals surface area (Å²) < 4.78 is 0. The number of hydrogen-bond donors (Lipinski definition) is 3. The van der Waals surface area contributed by atoms with E-state index in [9.17, 15) is 14.4 Å². The molecule has 3 amide bonds. The van der Waals surface area contributed by atoms with Crippen LogP contribution in [0.4, 0.5) is 5.69 Å². The lowest BCUT2D eigenvalue weighted by atomic mass is 10.1. The molecule has 0 spiro atoms. The molecule has 0 saturated carbocycles. The molecule has 0 fully saturated rings. The Balaban J connectivity index is 1.99. The summed E-state index contributed by atoms with van der Waals surface area (Å²) in [6, 6.07) is 16.4. The van der Waals surface area contributed by atoms with Gasteiger partial charge >= 0.3 is 11.8 Å². The van der Waals surface area contributed by atoms with Gasteiger partial charge in [0.15, 0.2) is 0 Å². The van der Waals surface area contributed by atoms with Crippen molar-refractivity contribution in [3.8, 4) is 0 Å². The number of hydrogen-bond acceptors (Lipinski definition) is 3. The van der Waals surface area contributed by atoms with Crippen LogP contribution in [0.5, 0.6) is 0 Å². The average Bonchev–Trinajstić information content (AvgIpc) is 2.62. The normalized spacial score (nSPS) is 9.88. The molecule has 2 rings (SSSR count). The Morgan fingerprint density at radius 2 is 1.54 bits per heavy atom. The number of rotatable bonds is 5. The molecule has 0 atom stereocenters. The Morgan fingerprint density at radius 1 is 0.875 bits per heavy atom. The number of para-hydroxylation sites is 1. The summed E-state index contributed by atoms with van der Waals surface area (Å²) in [6.45, 7) is 0.473. The fourth-order valence-corrected chi connectivity index (χ4v) is 2.14. The Kier molecular flexibility index (Phi) is 6.08. The van der Waals surface area contributed by atoms with Crippen molar-refractivity contribution in [3.05, 3.63) is 65.7 Å².